The van der Waals surface area contributed by atoms with Crippen LogP contribution >= 0.6 is 0 Å². The topological polar surface area (TPSA) is 20.2 Å². The third-order valence-electron chi connectivity index (χ3n) is 2.68. The van der Waals surface area contributed by atoms with Gasteiger partial charge < -0.3 is 5.11 Å². The zero-order valence-electron chi connectivity index (χ0n) is 7.92. The van der Waals surface area contributed by atoms with Crippen LogP contribution in [0.4, 0.5) is 0 Å². The number of aliphatic hydroxyl groups excluding tert-OH is 1. The molecule has 12 heavy (non-hydrogen) atoms. The maximum Gasteiger partial charge on any atom is 0 e. The summed E-state index contributed by atoms with van der Waals surface area (Å²) in [5, 5.41) is 8.74. The maximum atomic E-state index is 8.74. The first-order chi connectivity index (χ1) is 5.33. The summed E-state index contributed by atoms with van der Waals surface area (Å²) in [6, 6.07) is 0. The first kappa shape index (κ1) is 13.0. The van der Waals surface area contributed by atoms with Gasteiger partial charge in [-0.25, -0.2) is 6.61 Å². The predicted molar refractivity (Wildman–Crippen MR) is 46.6 cm³/mol. The van der Waals surface area contributed by atoms with Crippen molar-refractivity contribution in [3.8, 4) is 0 Å². The molecule has 1 fully saturated rings. The first-order valence-electron chi connectivity index (χ1n) is 4.80. The Morgan fingerprint density at radius 3 is 2.42 bits per heavy atom. The fraction of sp³-hybridized carbons (Fsp3) is 0.900. The molecule has 1 atom stereocenters. The van der Waals surface area contributed by atoms with Crippen molar-refractivity contribution in [2.45, 2.75) is 45.4 Å². The van der Waals surface area contributed by atoms with Crippen LogP contribution in [0.15, 0.2) is 0 Å². The minimum Gasteiger partial charge on any atom is -0.566 e. The molecule has 0 aromatic heterocycles. The van der Waals surface area contributed by atoms with Crippen molar-refractivity contribution in [1.82, 2.24) is 0 Å². The van der Waals surface area contributed by atoms with Gasteiger partial charge >= 0.3 is 0 Å². The van der Waals surface area contributed by atoms with E-state index in [1.165, 1.54) is 45.1 Å². The zero-order chi connectivity index (χ0) is 8.10. The normalized spacial score (nSPS) is 21.5. The van der Waals surface area contributed by atoms with Crippen LogP contribution in [-0.2, 0) is 0 Å². The fourth-order valence-electron chi connectivity index (χ4n) is 2.01. The Morgan fingerprint density at radius 2 is 1.92 bits per heavy atom. The van der Waals surface area contributed by atoms with E-state index in [0.717, 1.165) is 5.92 Å². The standard InChI is InChI=1S/C10H19O.U/c1-9(8-11)7-10-5-3-2-4-6-10;/h8-11H,2-7H2,1H3;/q-1;. The second kappa shape index (κ2) is 7.42. The van der Waals surface area contributed by atoms with Gasteiger partial charge in [-0.15, -0.1) is 5.92 Å². The van der Waals surface area contributed by atoms with Crippen LogP contribution in [0.1, 0.15) is 45.4 Å². The first-order valence-corrected chi connectivity index (χ1v) is 4.80. The van der Waals surface area contributed by atoms with Gasteiger partial charge in [-0.1, -0.05) is 45.4 Å². The maximum absolute atomic E-state index is 8.74. The zero-order valence-corrected chi connectivity index (χ0v) is 12.1. The third kappa shape index (κ3) is 4.90. The van der Waals surface area contributed by atoms with Crippen LogP contribution in [0.25, 0.3) is 0 Å². The van der Waals surface area contributed by atoms with E-state index in [2.05, 4.69) is 6.92 Å². The Morgan fingerprint density at radius 1 is 1.33 bits per heavy atom. The van der Waals surface area contributed by atoms with E-state index in [9.17, 15) is 0 Å². The van der Waals surface area contributed by atoms with Gasteiger partial charge in [0, 0.05) is 31.1 Å². The third-order valence-corrected chi connectivity index (χ3v) is 2.68. The van der Waals surface area contributed by atoms with Crippen molar-refractivity contribution in [1.29, 1.82) is 0 Å². The van der Waals surface area contributed by atoms with E-state index in [1.807, 2.05) is 0 Å². The molecular formula is C10H19OU-. The minimum absolute atomic E-state index is 0. The molecule has 1 rings (SSSR count). The molecule has 0 saturated heterocycles. The molecule has 0 heterocycles. The molecule has 1 aliphatic rings. The van der Waals surface area contributed by atoms with Crippen molar-refractivity contribution in [3.63, 3.8) is 0 Å². The summed E-state index contributed by atoms with van der Waals surface area (Å²) in [5.41, 5.74) is 0. The van der Waals surface area contributed by atoms with E-state index in [0.29, 0.717) is 5.92 Å². The molecule has 0 aliphatic heterocycles. The minimum atomic E-state index is 0. The summed E-state index contributed by atoms with van der Waals surface area (Å²) in [5.74, 6) is 1.29. The van der Waals surface area contributed by atoms with Gasteiger partial charge in [0.05, 0.1) is 0 Å². The van der Waals surface area contributed by atoms with Crippen molar-refractivity contribution in [2.24, 2.45) is 11.8 Å². The average molecular weight is 393 g/mol. The number of hydrogen-bond donors (Lipinski definition) is 1. The van der Waals surface area contributed by atoms with E-state index in [4.69, 9.17) is 5.11 Å². The Kier molecular flexibility index (Phi) is 8.04. The molecule has 1 unspecified atom stereocenters. The van der Waals surface area contributed by atoms with Crippen LogP contribution in [0.2, 0.25) is 0 Å². The molecule has 2 heteroatoms. The Hall–Kier alpha value is 1.01. The summed E-state index contributed by atoms with van der Waals surface area (Å²) in [4.78, 5) is 0. The fourth-order valence-corrected chi connectivity index (χ4v) is 2.01. The largest absolute Gasteiger partial charge is 0.566 e. The molecule has 0 aromatic rings. The van der Waals surface area contributed by atoms with E-state index in [-0.39, 0.29) is 31.1 Å². The molecular weight excluding hydrogens is 374 g/mol. The monoisotopic (exact) mass is 393 g/mol. The smallest absolute Gasteiger partial charge is 0 e. The van der Waals surface area contributed by atoms with Gasteiger partial charge in [-0.05, 0) is 5.92 Å². The molecule has 70 valence electrons. The Labute approximate surface area is 99.7 Å². The summed E-state index contributed by atoms with van der Waals surface area (Å²) >= 11 is 0. The number of hydrogen-bond acceptors (Lipinski definition) is 1. The van der Waals surface area contributed by atoms with Crippen molar-refractivity contribution in [3.05, 3.63) is 6.61 Å². The average Bonchev–Trinajstić information content (AvgIpc) is 2.06. The number of aliphatic hydroxyl groups is 1. The molecule has 1 aliphatic carbocycles. The molecule has 1 nitrogen and oxygen atoms in total. The summed E-state index contributed by atoms with van der Waals surface area (Å²) in [6.07, 6.45) is 8.20. The van der Waals surface area contributed by atoms with Gasteiger partial charge in [0.15, 0.2) is 0 Å². The van der Waals surface area contributed by atoms with Gasteiger partial charge in [0.25, 0.3) is 0 Å². The SMILES string of the molecule is CC([CH-]O)CC1CCCCC1.[U]. The molecule has 0 radical (unpaired) electrons. The molecule has 0 amide bonds. The van der Waals surface area contributed by atoms with Gasteiger partial charge in [-0.2, -0.15) is 0 Å². The van der Waals surface area contributed by atoms with E-state index < -0.39 is 0 Å². The predicted octanol–water partition coefficient (Wildman–Crippen LogP) is 3.13. The molecule has 1 saturated carbocycles. The van der Waals surface area contributed by atoms with Crippen molar-refractivity contribution >= 4 is 0 Å². The molecule has 0 spiro atoms. The summed E-state index contributed by atoms with van der Waals surface area (Å²) in [7, 11) is 0. The Bertz CT molecular complexity index is 100. The van der Waals surface area contributed by atoms with Crippen LogP contribution in [0, 0.1) is 49.6 Å². The number of rotatable bonds is 3. The van der Waals surface area contributed by atoms with Gasteiger partial charge in [0.2, 0.25) is 0 Å². The van der Waals surface area contributed by atoms with Crippen molar-refractivity contribution < 1.29 is 36.2 Å². The Balaban J connectivity index is 0.00000121. The van der Waals surface area contributed by atoms with Crippen LogP contribution in [0.3, 0.4) is 0 Å². The quantitative estimate of drug-likeness (QED) is 0.731. The van der Waals surface area contributed by atoms with Gasteiger partial charge in [0.1, 0.15) is 0 Å². The van der Waals surface area contributed by atoms with Crippen LogP contribution in [-0.4, -0.2) is 5.11 Å². The second-order valence-corrected chi connectivity index (χ2v) is 3.87. The van der Waals surface area contributed by atoms with Gasteiger partial charge in [-0.3, -0.25) is 0 Å². The second-order valence-electron chi connectivity index (χ2n) is 3.87. The summed E-state index contributed by atoms with van der Waals surface area (Å²) < 4.78 is 0. The van der Waals surface area contributed by atoms with Crippen molar-refractivity contribution in [2.75, 3.05) is 0 Å². The van der Waals surface area contributed by atoms with E-state index >= 15 is 0 Å². The van der Waals surface area contributed by atoms with E-state index in [1.54, 1.807) is 0 Å². The molecule has 1 N–H and O–H groups in total. The van der Waals surface area contributed by atoms with Crippen LogP contribution in [0.5, 0.6) is 0 Å². The molecule has 0 aromatic carbocycles. The summed E-state index contributed by atoms with van der Waals surface area (Å²) in [6.45, 7) is 3.43. The van der Waals surface area contributed by atoms with Crippen LogP contribution < -0.4 is 0 Å². The molecule has 0 bridgehead atoms.